The van der Waals surface area contributed by atoms with E-state index in [0.717, 1.165) is 11.3 Å². The molecule has 19 heteroatoms. The van der Waals surface area contributed by atoms with Crippen molar-refractivity contribution in [2.24, 2.45) is 17.6 Å². The number of tetrazole rings is 1. The molecule has 2 aromatic heterocycles. The van der Waals surface area contributed by atoms with Crippen LogP contribution < -0.4 is 10.6 Å². The molecule has 15 nitrogen and oxygen atoms in total. The Bertz CT molecular complexity index is 1340. The molecular weight excluding hydrogens is 582 g/mol. The molecule has 4 heterocycles. The van der Waals surface area contributed by atoms with Gasteiger partial charge in [-0.3, -0.25) is 19.2 Å². The summed E-state index contributed by atoms with van der Waals surface area (Å²) >= 11 is 9.50. The number of carboxylic acids is 1. The quantitative estimate of drug-likeness (QED) is 0.0571. The van der Waals surface area contributed by atoms with Gasteiger partial charge in [-0.1, -0.05) is 45.8 Å². The van der Waals surface area contributed by atoms with Crippen LogP contribution in [-0.2, 0) is 31.1 Å². The number of aliphatic carboxylic acids is 1. The molecule has 2 aliphatic heterocycles. The van der Waals surface area contributed by atoms with E-state index in [0.29, 0.717) is 11.6 Å². The van der Waals surface area contributed by atoms with Crippen LogP contribution in [0.4, 0.5) is 5.13 Å². The first-order valence-corrected chi connectivity index (χ1v) is 13.8. The number of aryl methyl sites for hydroxylation is 1. The molecule has 2 fully saturated rings. The summed E-state index contributed by atoms with van der Waals surface area (Å²) in [7, 11) is 1.64. The monoisotopic (exact) mass is 599 g/mol. The first-order chi connectivity index (χ1) is 18.2. The van der Waals surface area contributed by atoms with Crippen molar-refractivity contribution < 1.29 is 29.1 Å². The summed E-state index contributed by atoms with van der Waals surface area (Å²) in [6.45, 7) is -0.291. The van der Waals surface area contributed by atoms with Crippen LogP contribution in [0.25, 0.3) is 0 Å². The Hall–Kier alpha value is -3.40. The minimum atomic E-state index is -1.24. The molecule has 2 aromatic rings. The molecule has 200 valence electrons. The zero-order valence-electron chi connectivity index (χ0n) is 19.4. The van der Waals surface area contributed by atoms with Gasteiger partial charge in [-0.15, -0.1) is 23.3 Å². The van der Waals surface area contributed by atoms with E-state index < -0.39 is 34.6 Å². The van der Waals surface area contributed by atoms with Crippen molar-refractivity contribution in [2.45, 2.75) is 16.6 Å². The van der Waals surface area contributed by atoms with Crippen molar-refractivity contribution in [1.82, 2.24) is 35.4 Å². The van der Waals surface area contributed by atoms with E-state index in [9.17, 15) is 24.3 Å². The van der Waals surface area contributed by atoms with Crippen molar-refractivity contribution in [2.75, 3.05) is 30.0 Å². The molecule has 2 aliphatic rings. The van der Waals surface area contributed by atoms with Gasteiger partial charge in [0.1, 0.15) is 26.9 Å². The maximum Gasteiger partial charge on any atom is 0.313 e. The summed E-state index contributed by atoms with van der Waals surface area (Å²) in [5.74, 6) is 0.208. The number of thiazole rings is 1. The third-order valence-electron chi connectivity index (χ3n) is 5.46. The molecule has 3 N–H and O–H groups in total. The topological polar surface area (TPSA) is 194 Å². The molecule has 0 aliphatic carbocycles. The lowest BCUT2D eigenvalue weighted by Crippen LogP contribution is -2.74. The lowest BCUT2D eigenvalue weighted by Gasteiger charge is -2.53. The largest absolute Gasteiger partial charge is 0.481 e. The number of terminal acetylenes is 1. The van der Waals surface area contributed by atoms with E-state index in [1.54, 1.807) is 7.05 Å². The Kier molecular flexibility index (Phi) is 8.40. The van der Waals surface area contributed by atoms with Gasteiger partial charge in [0.15, 0.2) is 17.5 Å². The second-order valence-electron chi connectivity index (χ2n) is 7.90. The summed E-state index contributed by atoms with van der Waals surface area (Å²) in [5, 5.41) is 29.9. The number of hydrogen-bond acceptors (Lipinski definition) is 13. The summed E-state index contributed by atoms with van der Waals surface area (Å²) in [6.07, 6.45) is 5.56. The molecule has 0 radical (unpaired) electrons. The third-order valence-corrected chi connectivity index (χ3v) is 9.53. The van der Waals surface area contributed by atoms with E-state index in [-0.39, 0.29) is 45.5 Å². The molecule has 0 aromatic carbocycles. The van der Waals surface area contributed by atoms with Crippen LogP contribution in [0, 0.1) is 17.8 Å². The van der Waals surface area contributed by atoms with Gasteiger partial charge in [0.05, 0.1) is 0 Å². The van der Waals surface area contributed by atoms with Crippen LogP contribution in [0.3, 0.4) is 0 Å². The number of halogens is 1. The van der Waals surface area contributed by atoms with Crippen molar-refractivity contribution in [3.8, 4) is 12.3 Å². The third kappa shape index (κ3) is 5.41. The molecule has 2 unspecified atom stereocenters. The number of carbonyl (C=O) groups is 4. The van der Waals surface area contributed by atoms with Gasteiger partial charge in [0, 0.05) is 25.1 Å². The molecule has 0 saturated carbocycles. The molecule has 3 atom stereocenters. The standard InChI is InChI=1S/C19H18ClN9O6S3/c1-3-4-35-25-10(9-12(20)38-17(23-9)21-8-30)13(31)22-11-14(32)29-5-19(16(33)34,6-36-15(11)29)7-37-18-24-26-27-28(18)2/h1,8,11,15H,4-7H2,2H3,(H,22,31)(H,33,34)(H,21,23,30)/t11?,15-,19?/m1/s1. The van der Waals surface area contributed by atoms with E-state index in [1.165, 1.54) is 33.1 Å². The molecule has 4 rings (SSSR count). The van der Waals surface area contributed by atoms with E-state index in [1.807, 2.05) is 0 Å². The van der Waals surface area contributed by atoms with Gasteiger partial charge in [0.25, 0.3) is 5.91 Å². The minimum Gasteiger partial charge on any atom is -0.481 e. The number of thioether (sulfide) groups is 2. The summed E-state index contributed by atoms with van der Waals surface area (Å²) in [5.41, 5.74) is -1.66. The van der Waals surface area contributed by atoms with E-state index >= 15 is 0 Å². The smallest absolute Gasteiger partial charge is 0.313 e. The Morgan fingerprint density at radius 1 is 1.50 bits per heavy atom. The molecule has 38 heavy (non-hydrogen) atoms. The number of anilines is 1. The van der Waals surface area contributed by atoms with Gasteiger partial charge in [-0.2, -0.15) is 0 Å². The SMILES string of the molecule is C#CCON=C(C(=O)NC1C(=O)N2CC(CSc3nnnn3C)(C(=O)O)CS[C@H]12)c1nc(NC=O)sc1Cl. The average molecular weight is 600 g/mol. The maximum atomic E-state index is 13.1. The molecular formula is C19H18ClN9O6S3. The van der Waals surface area contributed by atoms with Crippen molar-refractivity contribution >= 4 is 81.5 Å². The number of amides is 3. The van der Waals surface area contributed by atoms with Gasteiger partial charge < -0.3 is 25.5 Å². The predicted molar refractivity (Wildman–Crippen MR) is 138 cm³/mol. The Labute approximate surface area is 232 Å². The van der Waals surface area contributed by atoms with Crippen molar-refractivity contribution in [3.05, 3.63) is 10.0 Å². The van der Waals surface area contributed by atoms with Crippen LogP contribution >= 0.6 is 46.5 Å². The second kappa shape index (κ2) is 11.6. The number of oxime groups is 1. The van der Waals surface area contributed by atoms with Gasteiger partial charge in [0.2, 0.25) is 17.5 Å². The number of fused-ring (bicyclic) bond motifs is 1. The summed E-state index contributed by atoms with van der Waals surface area (Å²) in [6, 6.07) is -0.947. The molecule has 0 spiro atoms. The molecule has 0 bridgehead atoms. The summed E-state index contributed by atoms with van der Waals surface area (Å²) < 4.78 is 1.47. The van der Waals surface area contributed by atoms with Gasteiger partial charge in [-0.05, 0) is 10.4 Å². The van der Waals surface area contributed by atoms with Crippen LogP contribution in [0.2, 0.25) is 4.34 Å². The zero-order valence-corrected chi connectivity index (χ0v) is 22.6. The van der Waals surface area contributed by atoms with Crippen LogP contribution in [0.15, 0.2) is 10.3 Å². The average Bonchev–Trinajstić information content (AvgIpc) is 3.47. The number of carboxylic acid groups (broad SMARTS) is 1. The highest BCUT2D eigenvalue weighted by molar-refractivity contribution is 8.00. The minimum absolute atomic E-state index is 0.0445. The number of rotatable bonds is 11. The lowest BCUT2D eigenvalue weighted by molar-refractivity contribution is -0.157. The number of aromatic nitrogens is 5. The maximum absolute atomic E-state index is 13.1. The predicted octanol–water partition coefficient (Wildman–Crippen LogP) is -0.495. The number of β-lactam (4-membered cyclic amide) rings is 1. The number of nitrogens with zero attached hydrogens (tertiary/aromatic N) is 7. The molecule has 3 amide bonds. The number of carbonyl (C=O) groups excluding carboxylic acids is 3. The van der Waals surface area contributed by atoms with Crippen LogP contribution in [-0.4, -0.2) is 101 Å². The Morgan fingerprint density at radius 3 is 2.95 bits per heavy atom. The molecule has 2 saturated heterocycles. The number of nitrogens with one attached hydrogen (secondary N) is 2. The first-order valence-electron chi connectivity index (χ1n) is 10.5. The lowest BCUT2D eigenvalue weighted by atomic mass is 9.89. The van der Waals surface area contributed by atoms with Gasteiger partial charge >= 0.3 is 5.97 Å². The highest BCUT2D eigenvalue weighted by atomic mass is 35.5. The van der Waals surface area contributed by atoms with Crippen molar-refractivity contribution in [3.63, 3.8) is 0 Å². The first kappa shape index (κ1) is 27.6. The summed E-state index contributed by atoms with van der Waals surface area (Å²) in [4.78, 5) is 59.5. The highest BCUT2D eigenvalue weighted by Gasteiger charge is 2.57. The zero-order chi connectivity index (χ0) is 27.4. The Balaban J connectivity index is 1.46. The fourth-order valence-corrected chi connectivity index (χ4v) is 7.26. The second-order valence-corrected chi connectivity index (χ2v) is 11.5. The van der Waals surface area contributed by atoms with Crippen LogP contribution in [0.1, 0.15) is 5.69 Å². The van der Waals surface area contributed by atoms with E-state index in [4.69, 9.17) is 22.9 Å². The van der Waals surface area contributed by atoms with Crippen molar-refractivity contribution in [1.29, 1.82) is 0 Å². The Morgan fingerprint density at radius 2 is 2.29 bits per heavy atom. The fourth-order valence-electron chi connectivity index (χ4n) is 3.55. The fraction of sp³-hybridized carbons (Fsp3) is 0.421. The van der Waals surface area contributed by atoms with E-state index in [2.05, 4.69) is 42.2 Å². The van der Waals surface area contributed by atoms with Gasteiger partial charge in [-0.25, -0.2) is 9.67 Å². The normalized spacial score (nSPS) is 22.6. The number of hydrogen-bond donors (Lipinski definition) is 3. The van der Waals surface area contributed by atoms with Crippen LogP contribution in [0.5, 0.6) is 0 Å². The highest BCUT2D eigenvalue weighted by Crippen LogP contribution is 2.44.